The molecule has 94 valence electrons. The molecule has 0 saturated heterocycles. The van der Waals surface area contributed by atoms with E-state index in [-0.39, 0.29) is 5.92 Å². The summed E-state index contributed by atoms with van der Waals surface area (Å²) in [6.45, 7) is 4.32. The van der Waals surface area contributed by atoms with Crippen molar-refractivity contribution >= 4 is 28.9 Å². The van der Waals surface area contributed by atoms with E-state index in [0.29, 0.717) is 5.78 Å². The van der Waals surface area contributed by atoms with Gasteiger partial charge in [-0.2, -0.15) is 11.8 Å². The standard InChI is InChI=1S/C14H20OS2/c1-3-5-6-10(4-2)14(15)12-7-11-8-16-9-13(11)17-12/h7,10H,3-6,8-9H2,1-2H3. The fourth-order valence-corrected chi connectivity index (χ4v) is 4.78. The van der Waals surface area contributed by atoms with Gasteiger partial charge < -0.3 is 0 Å². The first-order valence-electron chi connectivity index (χ1n) is 6.49. The number of fused-ring (bicyclic) bond motifs is 1. The smallest absolute Gasteiger partial charge is 0.175 e. The van der Waals surface area contributed by atoms with Crippen LogP contribution < -0.4 is 0 Å². The van der Waals surface area contributed by atoms with Gasteiger partial charge in [0.05, 0.1) is 4.88 Å². The quantitative estimate of drug-likeness (QED) is 0.683. The number of thiophene rings is 1. The summed E-state index contributed by atoms with van der Waals surface area (Å²) in [6.07, 6.45) is 4.39. The Balaban J connectivity index is 2.06. The Morgan fingerprint density at radius 3 is 2.88 bits per heavy atom. The molecule has 0 amide bonds. The molecule has 1 nitrogen and oxygen atoms in total. The van der Waals surface area contributed by atoms with E-state index < -0.39 is 0 Å². The lowest BCUT2D eigenvalue weighted by atomic mass is 9.94. The molecular formula is C14H20OS2. The van der Waals surface area contributed by atoms with Gasteiger partial charge >= 0.3 is 0 Å². The van der Waals surface area contributed by atoms with Crippen molar-refractivity contribution in [2.24, 2.45) is 5.92 Å². The highest BCUT2D eigenvalue weighted by atomic mass is 32.2. The Hall–Kier alpha value is -0.280. The normalized spacial score (nSPS) is 15.9. The van der Waals surface area contributed by atoms with Crippen LogP contribution in [0.15, 0.2) is 6.07 Å². The molecule has 1 aromatic heterocycles. The molecule has 0 N–H and O–H groups in total. The molecule has 0 aliphatic carbocycles. The van der Waals surface area contributed by atoms with Crippen LogP contribution in [-0.4, -0.2) is 5.78 Å². The molecule has 0 bridgehead atoms. The summed E-state index contributed by atoms with van der Waals surface area (Å²) in [6, 6.07) is 2.15. The van der Waals surface area contributed by atoms with Gasteiger partial charge in [0.15, 0.2) is 5.78 Å². The third-order valence-corrected chi connectivity index (χ3v) is 5.78. The van der Waals surface area contributed by atoms with Crippen molar-refractivity contribution in [3.8, 4) is 0 Å². The van der Waals surface area contributed by atoms with E-state index in [1.165, 1.54) is 23.3 Å². The number of Topliss-reactive ketones (excluding diaryl/α,β-unsaturated/α-hetero) is 1. The van der Waals surface area contributed by atoms with Crippen molar-refractivity contribution in [2.75, 3.05) is 0 Å². The largest absolute Gasteiger partial charge is 0.293 e. The molecule has 0 spiro atoms. The molecule has 1 aliphatic heterocycles. The zero-order valence-electron chi connectivity index (χ0n) is 10.6. The molecule has 1 aromatic rings. The molecular weight excluding hydrogens is 248 g/mol. The molecule has 1 atom stereocenters. The summed E-state index contributed by atoms with van der Waals surface area (Å²) in [5.74, 6) is 2.86. The maximum atomic E-state index is 12.4. The van der Waals surface area contributed by atoms with E-state index in [1.54, 1.807) is 11.3 Å². The van der Waals surface area contributed by atoms with Gasteiger partial charge in [-0.15, -0.1) is 11.3 Å². The zero-order valence-corrected chi connectivity index (χ0v) is 12.3. The van der Waals surface area contributed by atoms with Crippen LogP contribution in [0.5, 0.6) is 0 Å². The summed E-state index contributed by atoms with van der Waals surface area (Å²) < 4.78 is 0. The third-order valence-electron chi connectivity index (χ3n) is 3.40. The van der Waals surface area contributed by atoms with E-state index in [2.05, 4.69) is 19.9 Å². The highest BCUT2D eigenvalue weighted by Crippen LogP contribution is 2.37. The monoisotopic (exact) mass is 268 g/mol. The van der Waals surface area contributed by atoms with Crippen LogP contribution in [0, 0.1) is 5.92 Å². The average Bonchev–Trinajstić information content (AvgIpc) is 2.89. The van der Waals surface area contributed by atoms with E-state index in [9.17, 15) is 4.79 Å². The molecule has 0 aromatic carbocycles. The van der Waals surface area contributed by atoms with E-state index in [4.69, 9.17) is 0 Å². The van der Waals surface area contributed by atoms with Gasteiger partial charge in [-0.05, 0) is 24.5 Å². The SMILES string of the molecule is CCCCC(CC)C(=O)c1cc2c(s1)CSC2. The lowest BCUT2D eigenvalue weighted by molar-refractivity contribution is 0.0912. The van der Waals surface area contributed by atoms with Gasteiger partial charge in [0.2, 0.25) is 0 Å². The highest BCUT2D eigenvalue weighted by Gasteiger charge is 2.23. The molecule has 0 fully saturated rings. The van der Waals surface area contributed by atoms with Crippen LogP contribution in [0.25, 0.3) is 0 Å². The zero-order chi connectivity index (χ0) is 12.3. The Labute approximate surface area is 112 Å². The number of hydrogen-bond acceptors (Lipinski definition) is 3. The van der Waals surface area contributed by atoms with Crippen molar-refractivity contribution in [1.82, 2.24) is 0 Å². The van der Waals surface area contributed by atoms with E-state index in [0.717, 1.165) is 29.2 Å². The lowest BCUT2D eigenvalue weighted by Crippen LogP contribution is -2.12. The number of thioether (sulfide) groups is 1. The Bertz CT molecular complexity index is 373. The molecule has 1 aliphatic rings. The predicted octanol–water partition coefficient (Wildman–Crippen LogP) is 4.89. The fraction of sp³-hybridized carbons (Fsp3) is 0.643. The number of ketones is 1. The van der Waals surface area contributed by atoms with Gasteiger partial charge in [0.1, 0.15) is 0 Å². The number of hydrogen-bond donors (Lipinski definition) is 0. The van der Waals surface area contributed by atoms with Crippen molar-refractivity contribution in [3.05, 3.63) is 21.4 Å². The van der Waals surface area contributed by atoms with Crippen LogP contribution in [0.4, 0.5) is 0 Å². The highest BCUT2D eigenvalue weighted by molar-refractivity contribution is 7.98. The van der Waals surface area contributed by atoms with Gasteiger partial charge in [-0.25, -0.2) is 0 Å². The van der Waals surface area contributed by atoms with Crippen LogP contribution in [0.1, 0.15) is 59.6 Å². The summed E-state index contributed by atoms with van der Waals surface area (Å²) in [5.41, 5.74) is 1.41. The molecule has 2 heterocycles. The van der Waals surface area contributed by atoms with Gasteiger partial charge in [-0.3, -0.25) is 4.79 Å². The average molecular weight is 268 g/mol. The molecule has 3 heteroatoms. The summed E-state index contributed by atoms with van der Waals surface area (Å²) >= 11 is 3.69. The second-order valence-corrected chi connectivity index (χ2v) is 6.79. The maximum absolute atomic E-state index is 12.4. The molecule has 0 radical (unpaired) electrons. The Morgan fingerprint density at radius 2 is 2.24 bits per heavy atom. The molecule has 1 unspecified atom stereocenters. The number of carbonyl (C=O) groups is 1. The van der Waals surface area contributed by atoms with Crippen molar-refractivity contribution in [1.29, 1.82) is 0 Å². The van der Waals surface area contributed by atoms with Crippen molar-refractivity contribution in [3.63, 3.8) is 0 Å². The number of rotatable bonds is 6. The number of carbonyl (C=O) groups excluding carboxylic acids is 1. The minimum atomic E-state index is 0.251. The fourth-order valence-electron chi connectivity index (χ4n) is 2.26. The lowest BCUT2D eigenvalue weighted by Gasteiger charge is -2.11. The number of unbranched alkanes of at least 4 members (excludes halogenated alkanes) is 1. The molecule has 2 rings (SSSR count). The Kier molecular flexibility index (Phi) is 4.69. The van der Waals surface area contributed by atoms with E-state index in [1.807, 2.05) is 11.8 Å². The summed E-state index contributed by atoms with van der Waals surface area (Å²) in [7, 11) is 0. The van der Waals surface area contributed by atoms with Crippen molar-refractivity contribution < 1.29 is 4.79 Å². The minimum Gasteiger partial charge on any atom is -0.293 e. The van der Waals surface area contributed by atoms with Crippen LogP contribution in [0.3, 0.4) is 0 Å². The molecule has 17 heavy (non-hydrogen) atoms. The second-order valence-electron chi connectivity index (χ2n) is 4.66. The first kappa shape index (κ1) is 13.2. The van der Waals surface area contributed by atoms with Gasteiger partial charge in [0.25, 0.3) is 0 Å². The predicted molar refractivity (Wildman–Crippen MR) is 77.0 cm³/mol. The van der Waals surface area contributed by atoms with Gasteiger partial charge in [-0.1, -0.05) is 26.7 Å². The minimum absolute atomic E-state index is 0.251. The Morgan fingerprint density at radius 1 is 1.41 bits per heavy atom. The topological polar surface area (TPSA) is 17.1 Å². The van der Waals surface area contributed by atoms with Crippen LogP contribution >= 0.6 is 23.1 Å². The van der Waals surface area contributed by atoms with E-state index >= 15 is 0 Å². The van der Waals surface area contributed by atoms with Crippen LogP contribution in [0.2, 0.25) is 0 Å². The second kappa shape index (κ2) is 6.05. The maximum Gasteiger partial charge on any atom is 0.175 e. The first-order valence-corrected chi connectivity index (χ1v) is 8.46. The first-order chi connectivity index (χ1) is 8.26. The summed E-state index contributed by atoms with van der Waals surface area (Å²) in [4.78, 5) is 14.8. The van der Waals surface area contributed by atoms with Crippen LogP contribution in [-0.2, 0) is 11.5 Å². The third kappa shape index (κ3) is 2.94. The molecule has 0 saturated carbocycles. The van der Waals surface area contributed by atoms with Crippen molar-refractivity contribution in [2.45, 2.75) is 51.0 Å². The summed E-state index contributed by atoms with van der Waals surface area (Å²) in [5, 5.41) is 0. The van der Waals surface area contributed by atoms with Gasteiger partial charge in [0, 0.05) is 22.3 Å².